The fourth-order valence-corrected chi connectivity index (χ4v) is 0.875. The van der Waals surface area contributed by atoms with Crippen LogP contribution < -0.4 is 17.1 Å². The van der Waals surface area contributed by atoms with Crippen molar-refractivity contribution in [3.05, 3.63) is 37.0 Å². The molecular weight excluding hydrogens is 222 g/mol. The minimum Gasteiger partial charge on any atom is -0.478 e. The van der Waals surface area contributed by atoms with Gasteiger partial charge in [0.05, 0.1) is 12.2 Å². The number of carbonyl (C=O) groups is 1. The van der Waals surface area contributed by atoms with Crippen molar-refractivity contribution in [1.82, 2.24) is 14.5 Å². The largest absolute Gasteiger partial charge is 0.478 e. The number of aliphatic carboxylic acids is 1. The van der Waals surface area contributed by atoms with Crippen molar-refractivity contribution in [2.45, 2.75) is 0 Å². The highest BCUT2D eigenvalue weighted by molar-refractivity contribution is 5.90. The average molecular weight is 229 g/mol. The highest BCUT2D eigenvalue weighted by Gasteiger charge is 2.08. The van der Waals surface area contributed by atoms with Crippen LogP contribution in [0.25, 0.3) is 6.20 Å². The molecule has 0 radical (unpaired) electrons. The molecule has 1 heterocycles. The molecule has 0 aliphatic heterocycles. The number of H-pyrrole nitrogens is 2. The molecule has 0 saturated heterocycles. The highest BCUT2D eigenvalue weighted by atomic mass is 16.4. The van der Waals surface area contributed by atoms with Gasteiger partial charge in [-0.25, -0.2) is 23.7 Å². The molecule has 16 heavy (non-hydrogen) atoms. The van der Waals surface area contributed by atoms with Gasteiger partial charge in [-0.1, -0.05) is 0 Å². The molecule has 0 spiro atoms. The summed E-state index contributed by atoms with van der Waals surface area (Å²) in [6, 6.07) is 0. The van der Waals surface area contributed by atoms with Gasteiger partial charge in [0.25, 0.3) is 0 Å². The number of nitrogens with one attached hydrogen (secondary N) is 2. The summed E-state index contributed by atoms with van der Waals surface area (Å²) in [6.45, 7) is -0.861. The third-order valence-electron chi connectivity index (χ3n) is 1.61. The first kappa shape index (κ1) is 11.7. The Bertz CT molecular complexity index is 569. The Hall–Kier alpha value is -2.42. The Morgan fingerprint density at radius 1 is 1.25 bits per heavy atom. The fourth-order valence-electron chi connectivity index (χ4n) is 0.875. The molecule has 0 aliphatic rings. The minimum absolute atomic E-state index is 0.334. The maximum Gasteiger partial charge on any atom is 0.337 e. The number of rotatable bonds is 3. The number of nitrogens with zero attached hydrogens (tertiary/aromatic N) is 1. The van der Waals surface area contributed by atoms with Crippen LogP contribution in [0.5, 0.6) is 0 Å². The summed E-state index contributed by atoms with van der Waals surface area (Å²) >= 11 is 0. The fraction of sp³-hybridized carbons (Fsp3) is 0.143. The number of hydrogen-bond acceptors (Lipinski definition) is 5. The van der Waals surface area contributed by atoms with E-state index in [0.29, 0.717) is 10.8 Å². The molecule has 86 valence electrons. The van der Waals surface area contributed by atoms with Crippen molar-refractivity contribution in [3.63, 3.8) is 0 Å². The molecule has 0 fully saturated rings. The summed E-state index contributed by atoms with van der Waals surface area (Å²) in [5.74, 6) is -1.49. The van der Waals surface area contributed by atoms with E-state index in [9.17, 15) is 19.2 Å². The van der Waals surface area contributed by atoms with Gasteiger partial charge in [0.15, 0.2) is 0 Å². The summed E-state index contributed by atoms with van der Waals surface area (Å²) in [5.41, 5.74) is -3.76. The van der Waals surface area contributed by atoms with Gasteiger partial charge < -0.3 is 10.2 Å². The molecule has 1 rings (SSSR count). The van der Waals surface area contributed by atoms with Crippen LogP contribution in [-0.4, -0.2) is 37.3 Å². The summed E-state index contributed by atoms with van der Waals surface area (Å²) in [4.78, 5) is 46.8. The molecule has 4 N–H and O–H groups in total. The molecule has 0 atom stereocenters. The summed E-state index contributed by atoms with van der Waals surface area (Å²) in [6.07, 6.45) is 0.624. The van der Waals surface area contributed by atoms with Gasteiger partial charge in [0.2, 0.25) is 0 Å². The van der Waals surface area contributed by atoms with Crippen LogP contribution in [-0.2, 0) is 4.79 Å². The van der Waals surface area contributed by atoms with E-state index in [1.165, 1.54) is 0 Å². The number of aliphatic hydroxyl groups excluding tert-OH is 1. The molecule has 1 aromatic heterocycles. The lowest BCUT2D eigenvalue weighted by Gasteiger charge is -1.98. The van der Waals surface area contributed by atoms with E-state index in [1.54, 1.807) is 9.97 Å². The topological polar surface area (TPSA) is 145 Å². The second-order valence-corrected chi connectivity index (χ2v) is 2.68. The molecule has 0 bridgehead atoms. The van der Waals surface area contributed by atoms with E-state index in [1.807, 2.05) is 0 Å². The van der Waals surface area contributed by atoms with E-state index in [-0.39, 0.29) is 0 Å². The van der Waals surface area contributed by atoms with E-state index in [4.69, 9.17) is 10.2 Å². The van der Waals surface area contributed by atoms with Gasteiger partial charge in [-0.3, -0.25) is 9.97 Å². The third kappa shape index (κ3) is 2.33. The maximum atomic E-state index is 11.1. The highest BCUT2D eigenvalue weighted by Crippen LogP contribution is 1.92. The zero-order valence-corrected chi connectivity index (χ0v) is 7.76. The molecular formula is C7H7N3O6. The lowest BCUT2D eigenvalue weighted by Crippen LogP contribution is -2.41. The summed E-state index contributed by atoms with van der Waals surface area (Å²) in [5, 5.41) is 17.2. The summed E-state index contributed by atoms with van der Waals surface area (Å²) < 4.78 is 0.334. The zero-order valence-electron chi connectivity index (χ0n) is 7.76. The second-order valence-electron chi connectivity index (χ2n) is 2.68. The molecule has 9 nitrogen and oxygen atoms in total. The van der Waals surface area contributed by atoms with Crippen LogP contribution in [0.4, 0.5) is 0 Å². The Balaban J connectivity index is 3.47. The Morgan fingerprint density at radius 3 is 2.12 bits per heavy atom. The number of carboxylic acids is 1. The van der Waals surface area contributed by atoms with Crippen molar-refractivity contribution in [1.29, 1.82) is 0 Å². The lowest BCUT2D eigenvalue weighted by atomic mass is 10.3. The maximum absolute atomic E-state index is 11.1. The van der Waals surface area contributed by atoms with Crippen LogP contribution in [0.3, 0.4) is 0 Å². The van der Waals surface area contributed by atoms with Gasteiger partial charge >= 0.3 is 23.0 Å². The Labute approximate surface area is 86.3 Å². The number of aromatic amines is 2. The van der Waals surface area contributed by atoms with Gasteiger partial charge in [-0.2, -0.15) is 0 Å². The van der Waals surface area contributed by atoms with Crippen LogP contribution in [0, 0.1) is 0 Å². The lowest BCUT2D eigenvalue weighted by molar-refractivity contribution is -0.133. The monoisotopic (exact) mass is 229 g/mol. The normalized spacial score (nSPS) is 11.4. The smallest absolute Gasteiger partial charge is 0.337 e. The molecule has 0 unspecified atom stereocenters. The van der Waals surface area contributed by atoms with Crippen LogP contribution >= 0.6 is 0 Å². The quantitative estimate of drug-likeness (QED) is 0.410. The first-order valence-corrected chi connectivity index (χ1v) is 3.95. The van der Waals surface area contributed by atoms with Gasteiger partial charge in [0.1, 0.15) is 0 Å². The van der Waals surface area contributed by atoms with Crippen LogP contribution in [0.2, 0.25) is 0 Å². The number of aliphatic hydroxyl groups is 1. The summed E-state index contributed by atoms with van der Waals surface area (Å²) in [7, 11) is 0. The first-order valence-electron chi connectivity index (χ1n) is 3.95. The van der Waals surface area contributed by atoms with Gasteiger partial charge in [-0.15, -0.1) is 0 Å². The van der Waals surface area contributed by atoms with Crippen molar-refractivity contribution in [2.75, 3.05) is 6.61 Å². The minimum atomic E-state index is -1.49. The van der Waals surface area contributed by atoms with Crippen LogP contribution in [0.15, 0.2) is 20.0 Å². The molecule has 1 aromatic rings. The molecule has 0 amide bonds. The Kier molecular flexibility index (Phi) is 3.20. The van der Waals surface area contributed by atoms with E-state index < -0.39 is 35.2 Å². The predicted molar refractivity (Wildman–Crippen MR) is 50.9 cm³/mol. The zero-order chi connectivity index (χ0) is 12.3. The molecule has 9 heteroatoms. The van der Waals surface area contributed by atoms with Gasteiger partial charge in [0, 0.05) is 6.20 Å². The van der Waals surface area contributed by atoms with E-state index >= 15 is 0 Å². The van der Waals surface area contributed by atoms with E-state index in [2.05, 4.69) is 0 Å². The van der Waals surface area contributed by atoms with Crippen molar-refractivity contribution < 1.29 is 15.0 Å². The molecule has 0 saturated carbocycles. The van der Waals surface area contributed by atoms with Gasteiger partial charge in [-0.05, 0) is 0 Å². The molecule has 0 aromatic carbocycles. The molecule has 0 aliphatic carbocycles. The average Bonchev–Trinajstić information content (AvgIpc) is 2.15. The first-order chi connectivity index (χ1) is 7.45. The van der Waals surface area contributed by atoms with Crippen molar-refractivity contribution >= 4 is 12.2 Å². The van der Waals surface area contributed by atoms with E-state index in [0.717, 1.165) is 0 Å². The SMILES string of the molecule is O=C(O)C(=Cn1c(=O)[nH]c(=O)[nH]c1=O)CO. The standard InChI is InChI=1S/C7H7N3O6/c11-2-3(4(12)13)1-10-6(15)8-5(14)9-7(10)16/h1,11H,2H2,(H,12,13)(H2,8,9,14,15,16). The Morgan fingerprint density at radius 2 is 1.75 bits per heavy atom. The second kappa shape index (κ2) is 4.40. The third-order valence-corrected chi connectivity index (χ3v) is 1.61. The number of carboxylic acid groups (broad SMARTS) is 1. The van der Waals surface area contributed by atoms with Crippen molar-refractivity contribution in [2.24, 2.45) is 0 Å². The predicted octanol–water partition coefficient (Wildman–Crippen LogP) is -2.86. The van der Waals surface area contributed by atoms with Crippen molar-refractivity contribution in [3.8, 4) is 0 Å². The number of aromatic nitrogens is 3. The number of hydrogen-bond donors (Lipinski definition) is 4. The van der Waals surface area contributed by atoms with Crippen LogP contribution in [0.1, 0.15) is 0 Å².